The van der Waals surface area contributed by atoms with Crippen LogP contribution >= 0.6 is 0 Å². The quantitative estimate of drug-likeness (QED) is 0.807. The Morgan fingerprint density at radius 3 is 2.89 bits per heavy atom. The summed E-state index contributed by atoms with van der Waals surface area (Å²) in [4.78, 5) is 12.0. The summed E-state index contributed by atoms with van der Waals surface area (Å²) in [6.45, 7) is 3.88. The number of aromatic nitrogens is 3. The Hall–Kier alpha value is -1.43. The first-order valence-electron chi connectivity index (χ1n) is 6.67. The van der Waals surface area contributed by atoms with Crippen LogP contribution in [0.25, 0.3) is 0 Å². The number of carbonyl (C=O) groups is 1. The molecule has 0 radical (unpaired) electrons. The molecule has 18 heavy (non-hydrogen) atoms. The predicted molar refractivity (Wildman–Crippen MR) is 66.2 cm³/mol. The maximum Gasteiger partial charge on any atom is 0.273 e. The van der Waals surface area contributed by atoms with Crippen LogP contribution in [0.2, 0.25) is 0 Å². The van der Waals surface area contributed by atoms with Crippen LogP contribution in [0.5, 0.6) is 0 Å². The van der Waals surface area contributed by atoms with Crippen LogP contribution in [0.3, 0.4) is 0 Å². The van der Waals surface area contributed by atoms with Crippen molar-refractivity contribution >= 4 is 5.91 Å². The second kappa shape index (κ2) is 4.68. The minimum atomic E-state index is -0.104. The van der Waals surface area contributed by atoms with Crippen molar-refractivity contribution in [2.24, 2.45) is 5.92 Å². The highest BCUT2D eigenvalue weighted by molar-refractivity contribution is 5.92. The van der Waals surface area contributed by atoms with Crippen LogP contribution < -0.4 is 10.6 Å². The average molecular weight is 249 g/mol. The lowest BCUT2D eigenvalue weighted by molar-refractivity contribution is 0.0904. The Labute approximate surface area is 106 Å². The molecule has 6 nitrogen and oxygen atoms in total. The van der Waals surface area contributed by atoms with Crippen LogP contribution in [0.4, 0.5) is 0 Å². The summed E-state index contributed by atoms with van der Waals surface area (Å²) in [5.74, 6) is 0.535. The summed E-state index contributed by atoms with van der Waals surface area (Å²) >= 11 is 0. The van der Waals surface area contributed by atoms with Gasteiger partial charge >= 0.3 is 0 Å². The molecular weight excluding hydrogens is 230 g/mol. The monoisotopic (exact) mass is 249 g/mol. The van der Waals surface area contributed by atoms with E-state index in [9.17, 15) is 4.79 Å². The fraction of sp³-hybridized carbons (Fsp3) is 0.750. The Morgan fingerprint density at radius 2 is 2.33 bits per heavy atom. The van der Waals surface area contributed by atoms with E-state index in [4.69, 9.17) is 0 Å². The Balaban J connectivity index is 1.59. The van der Waals surface area contributed by atoms with Gasteiger partial charge < -0.3 is 10.6 Å². The standard InChI is InChI=1S/C12H19N5O/c1-8(9-3-2-4-9)14-12(18)11-7-17(16-15-11)10-5-13-6-10/h7-10,13H,2-6H2,1H3,(H,14,18). The van der Waals surface area contributed by atoms with E-state index in [-0.39, 0.29) is 11.9 Å². The molecule has 2 fully saturated rings. The maximum absolute atomic E-state index is 12.0. The van der Waals surface area contributed by atoms with Gasteiger partial charge in [0.05, 0.1) is 12.2 Å². The molecule has 1 aliphatic carbocycles. The first-order valence-corrected chi connectivity index (χ1v) is 6.67. The third-order valence-electron chi connectivity index (χ3n) is 4.09. The zero-order valence-electron chi connectivity index (χ0n) is 10.6. The molecule has 0 bridgehead atoms. The van der Waals surface area contributed by atoms with Gasteiger partial charge in [-0.25, -0.2) is 4.68 Å². The molecule has 1 saturated heterocycles. The summed E-state index contributed by atoms with van der Waals surface area (Å²) < 4.78 is 1.78. The molecule has 1 unspecified atom stereocenters. The van der Waals surface area contributed by atoms with Gasteiger partial charge in [0, 0.05) is 19.1 Å². The molecule has 1 aromatic rings. The van der Waals surface area contributed by atoms with Crippen molar-refractivity contribution in [2.45, 2.75) is 38.3 Å². The van der Waals surface area contributed by atoms with E-state index in [2.05, 4.69) is 27.9 Å². The van der Waals surface area contributed by atoms with Gasteiger partial charge in [-0.15, -0.1) is 5.10 Å². The number of amides is 1. The fourth-order valence-corrected chi connectivity index (χ4v) is 2.36. The number of nitrogens with zero attached hydrogens (tertiary/aromatic N) is 3. The normalized spacial score (nSPS) is 22.1. The lowest BCUT2D eigenvalue weighted by Crippen LogP contribution is -2.43. The number of nitrogens with one attached hydrogen (secondary N) is 2. The fourth-order valence-electron chi connectivity index (χ4n) is 2.36. The molecule has 3 rings (SSSR count). The number of carbonyl (C=O) groups excluding carboxylic acids is 1. The molecule has 6 heteroatoms. The number of rotatable bonds is 4. The molecule has 98 valence electrons. The highest BCUT2D eigenvalue weighted by Crippen LogP contribution is 2.29. The first kappa shape index (κ1) is 11.6. The number of hydrogen-bond donors (Lipinski definition) is 2. The van der Waals surface area contributed by atoms with Gasteiger partial charge in [-0.1, -0.05) is 11.6 Å². The van der Waals surface area contributed by atoms with Crippen LogP contribution in [-0.4, -0.2) is 40.0 Å². The maximum atomic E-state index is 12.0. The third-order valence-corrected chi connectivity index (χ3v) is 4.09. The molecule has 1 aromatic heterocycles. The van der Waals surface area contributed by atoms with E-state index >= 15 is 0 Å². The topological polar surface area (TPSA) is 71.8 Å². The SMILES string of the molecule is CC(NC(=O)c1cn(C2CNC2)nn1)C1CCC1. The van der Waals surface area contributed by atoms with E-state index in [0.717, 1.165) is 13.1 Å². The van der Waals surface area contributed by atoms with Crippen molar-refractivity contribution in [1.29, 1.82) is 0 Å². The van der Waals surface area contributed by atoms with E-state index in [1.165, 1.54) is 19.3 Å². The molecule has 1 atom stereocenters. The Bertz CT molecular complexity index is 435. The van der Waals surface area contributed by atoms with Gasteiger partial charge in [-0.2, -0.15) is 0 Å². The first-order chi connectivity index (χ1) is 8.74. The molecule has 2 N–H and O–H groups in total. The van der Waals surface area contributed by atoms with Crippen molar-refractivity contribution in [3.63, 3.8) is 0 Å². The summed E-state index contributed by atoms with van der Waals surface area (Å²) in [5, 5.41) is 14.1. The minimum Gasteiger partial charge on any atom is -0.348 e. The second-order valence-corrected chi connectivity index (χ2v) is 5.35. The van der Waals surface area contributed by atoms with Crippen molar-refractivity contribution in [2.75, 3.05) is 13.1 Å². The van der Waals surface area contributed by atoms with Gasteiger partial charge in [-0.05, 0) is 25.7 Å². The van der Waals surface area contributed by atoms with E-state index in [1.54, 1.807) is 10.9 Å². The molecular formula is C12H19N5O. The van der Waals surface area contributed by atoms with Gasteiger partial charge in [0.1, 0.15) is 0 Å². The number of hydrogen-bond acceptors (Lipinski definition) is 4. The summed E-state index contributed by atoms with van der Waals surface area (Å²) in [5.41, 5.74) is 0.424. The third kappa shape index (κ3) is 2.12. The lowest BCUT2D eigenvalue weighted by atomic mass is 9.80. The van der Waals surface area contributed by atoms with Crippen LogP contribution in [-0.2, 0) is 0 Å². The van der Waals surface area contributed by atoms with E-state index < -0.39 is 0 Å². The molecule has 1 saturated carbocycles. The highest BCUT2D eigenvalue weighted by Gasteiger charge is 2.26. The second-order valence-electron chi connectivity index (χ2n) is 5.35. The van der Waals surface area contributed by atoms with Gasteiger partial charge in [0.15, 0.2) is 5.69 Å². The van der Waals surface area contributed by atoms with Gasteiger partial charge in [0.2, 0.25) is 0 Å². The largest absolute Gasteiger partial charge is 0.348 e. The zero-order chi connectivity index (χ0) is 12.5. The van der Waals surface area contributed by atoms with E-state index in [0.29, 0.717) is 17.7 Å². The smallest absolute Gasteiger partial charge is 0.273 e. The summed E-state index contributed by atoms with van der Waals surface area (Å²) in [6.07, 6.45) is 5.48. The van der Waals surface area contributed by atoms with E-state index in [1.807, 2.05) is 0 Å². The van der Waals surface area contributed by atoms with Crippen molar-refractivity contribution in [3.8, 4) is 0 Å². The minimum absolute atomic E-state index is 0.104. The Morgan fingerprint density at radius 1 is 1.56 bits per heavy atom. The average Bonchev–Trinajstić information content (AvgIpc) is 2.60. The summed E-state index contributed by atoms with van der Waals surface area (Å²) in [7, 11) is 0. The Kier molecular flexibility index (Phi) is 3.03. The van der Waals surface area contributed by atoms with Crippen LogP contribution in [0.15, 0.2) is 6.20 Å². The predicted octanol–water partition coefficient (Wildman–Crippen LogP) is 0.341. The van der Waals surface area contributed by atoms with Crippen LogP contribution in [0.1, 0.15) is 42.7 Å². The lowest BCUT2D eigenvalue weighted by Gasteiger charge is -2.31. The molecule has 1 aliphatic heterocycles. The van der Waals surface area contributed by atoms with Crippen molar-refractivity contribution in [3.05, 3.63) is 11.9 Å². The van der Waals surface area contributed by atoms with Crippen molar-refractivity contribution < 1.29 is 4.79 Å². The van der Waals surface area contributed by atoms with Crippen molar-refractivity contribution in [1.82, 2.24) is 25.6 Å². The van der Waals surface area contributed by atoms with Gasteiger partial charge in [-0.3, -0.25) is 4.79 Å². The molecule has 1 amide bonds. The molecule has 0 spiro atoms. The highest BCUT2D eigenvalue weighted by atomic mass is 16.2. The van der Waals surface area contributed by atoms with Gasteiger partial charge in [0.25, 0.3) is 5.91 Å². The molecule has 0 aromatic carbocycles. The zero-order valence-corrected chi connectivity index (χ0v) is 10.6. The van der Waals surface area contributed by atoms with Crippen LogP contribution in [0, 0.1) is 5.92 Å². The molecule has 2 aliphatic rings. The molecule has 2 heterocycles. The summed E-state index contributed by atoms with van der Waals surface area (Å²) in [6, 6.07) is 0.588.